The summed E-state index contributed by atoms with van der Waals surface area (Å²) in [4.78, 5) is 22.6. The van der Waals surface area contributed by atoms with E-state index in [4.69, 9.17) is 22.1 Å². The SMILES string of the molecule is CCc1cnc(N2CCN(C(=O)c3cc(Cl)c(N)cc3OC)CC2)s1. The third kappa shape index (κ3) is 3.67. The minimum Gasteiger partial charge on any atom is -0.496 e. The van der Waals surface area contributed by atoms with Crippen LogP contribution in [0.2, 0.25) is 5.02 Å². The average molecular weight is 381 g/mol. The molecule has 1 fully saturated rings. The van der Waals surface area contributed by atoms with Gasteiger partial charge in [0.25, 0.3) is 5.91 Å². The molecule has 0 radical (unpaired) electrons. The fraction of sp³-hybridized carbons (Fsp3) is 0.412. The van der Waals surface area contributed by atoms with Crippen molar-refractivity contribution in [3.63, 3.8) is 0 Å². The Kier molecular flexibility index (Phi) is 5.34. The highest BCUT2D eigenvalue weighted by Gasteiger charge is 2.26. The highest BCUT2D eigenvalue weighted by atomic mass is 35.5. The number of aryl methyl sites for hydroxylation is 1. The number of anilines is 2. The van der Waals surface area contributed by atoms with Gasteiger partial charge in [0.2, 0.25) is 0 Å². The number of rotatable bonds is 4. The molecule has 8 heteroatoms. The van der Waals surface area contributed by atoms with Crippen molar-refractivity contribution in [2.45, 2.75) is 13.3 Å². The lowest BCUT2D eigenvalue weighted by Crippen LogP contribution is -2.48. The number of thiazole rings is 1. The Hall–Kier alpha value is -1.99. The fourth-order valence-corrected chi connectivity index (χ4v) is 3.85. The van der Waals surface area contributed by atoms with Gasteiger partial charge in [0.15, 0.2) is 5.13 Å². The fourth-order valence-electron chi connectivity index (χ4n) is 2.78. The van der Waals surface area contributed by atoms with Gasteiger partial charge < -0.3 is 20.3 Å². The van der Waals surface area contributed by atoms with Gasteiger partial charge in [-0.1, -0.05) is 18.5 Å². The molecule has 1 amide bonds. The largest absolute Gasteiger partial charge is 0.496 e. The molecule has 3 rings (SSSR count). The predicted molar refractivity (Wildman–Crippen MR) is 102 cm³/mol. The summed E-state index contributed by atoms with van der Waals surface area (Å²) in [5.74, 6) is 0.355. The first-order valence-corrected chi connectivity index (χ1v) is 9.34. The normalized spacial score (nSPS) is 14.7. The van der Waals surface area contributed by atoms with Crippen LogP contribution >= 0.6 is 22.9 Å². The number of methoxy groups -OCH3 is 1. The first-order chi connectivity index (χ1) is 12.0. The van der Waals surface area contributed by atoms with E-state index >= 15 is 0 Å². The lowest BCUT2D eigenvalue weighted by molar-refractivity contribution is 0.0743. The van der Waals surface area contributed by atoms with E-state index in [1.165, 1.54) is 12.0 Å². The molecule has 0 unspecified atom stereocenters. The summed E-state index contributed by atoms with van der Waals surface area (Å²) in [6.45, 7) is 4.90. The third-order valence-electron chi connectivity index (χ3n) is 4.28. The molecule has 1 aromatic heterocycles. The molecule has 1 aromatic carbocycles. The van der Waals surface area contributed by atoms with Gasteiger partial charge in [0.1, 0.15) is 5.75 Å². The van der Waals surface area contributed by atoms with Crippen LogP contribution < -0.4 is 15.4 Å². The number of aromatic nitrogens is 1. The zero-order valence-electron chi connectivity index (χ0n) is 14.3. The van der Waals surface area contributed by atoms with Crippen LogP contribution in [0.15, 0.2) is 18.3 Å². The number of hydrogen-bond acceptors (Lipinski definition) is 6. The lowest BCUT2D eigenvalue weighted by atomic mass is 10.1. The van der Waals surface area contributed by atoms with E-state index in [0.29, 0.717) is 35.1 Å². The molecule has 0 atom stereocenters. The van der Waals surface area contributed by atoms with Crippen molar-refractivity contribution in [3.8, 4) is 5.75 Å². The number of halogens is 1. The van der Waals surface area contributed by atoms with E-state index in [2.05, 4.69) is 16.8 Å². The Labute approximate surface area is 156 Å². The van der Waals surface area contributed by atoms with Crippen LogP contribution in [-0.2, 0) is 6.42 Å². The molecule has 0 bridgehead atoms. The second kappa shape index (κ2) is 7.49. The van der Waals surface area contributed by atoms with Crippen molar-refractivity contribution in [1.29, 1.82) is 0 Å². The molecule has 1 aliphatic heterocycles. The van der Waals surface area contributed by atoms with Crippen LogP contribution in [0.3, 0.4) is 0 Å². The predicted octanol–water partition coefficient (Wildman–Crippen LogP) is 2.91. The van der Waals surface area contributed by atoms with Crippen molar-refractivity contribution in [2.75, 3.05) is 43.9 Å². The highest BCUT2D eigenvalue weighted by molar-refractivity contribution is 7.15. The molecule has 0 aliphatic carbocycles. The molecular formula is C17H21ClN4O2S. The standard InChI is InChI=1S/C17H21ClN4O2S/c1-3-11-10-20-17(25-11)22-6-4-21(5-7-22)16(23)12-8-13(18)14(19)9-15(12)24-2/h8-10H,3-7,19H2,1-2H3. The van der Waals surface area contributed by atoms with E-state index in [0.717, 1.165) is 24.6 Å². The quantitative estimate of drug-likeness (QED) is 0.826. The Morgan fingerprint density at radius 2 is 2.08 bits per heavy atom. The minimum absolute atomic E-state index is 0.0909. The zero-order valence-corrected chi connectivity index (χ0v) is 15.9. The Morgan fingerprint density at radius 1 is 1.36 bits per heavy atom. The van der Waals surface area contributed by atoms with Crippen LogP contribution in [0, 0.1) is 0 Å². The molecule has 6 nitrogen and oxygen atoms in total. The van der Waals surface area contributed by atoms with Crippen LogP contribution in [0.5, 0.6) is 5.75 Å². The summed E-state index contributed by atoms with van der Waals surface area (Å²) in [7, 11) is 1.52. The maximum Gasteiger partial charge on any atom is 0.257 e. The zero-order chi connectivity index (χ0) is 18.0. The van der Waals surface area contributed by atoms with Crippen molar-refractivity contribution >= 4 is 39.7 Å². The van der Waals surface area contributed by atoms with Crippen molar-refractivity contribution in [2.24, 2.45) is 0 Å². The van der Waals surface area contributed by atoms with E-state index < -0.39 is 0 Å². The number of nitrogens with two attached hydrogens (primary N) is 1. The summed E-state index contributed by atoms with van der Waals surface area (Å²) in [5, 5.41) is 1.38. The summed E-state index contributed by atoms with van der Waals surface area (Å²) in [5.41, 5.74) is 6.63. The first-order valence-electron chi connectivity index (χ1n) is 8.15. The van der Waals surface area contributed by atoms with Gasteiger partial charge in [-0.2, -0.15) is 0 Å². The van der Waals surface area contributed by atoms with E-state index in [-0.39, 0.29) is 5.91 Å². The van der Waals surface area contributed by atoms with Crippen molar-refractivity contribution < 1.29 is 9.53 Å². The number of hydrogen-bond donors (Lipinski definition) is 1. The molecule has 1 saturated heterocycles. The molecule has 1 aliphatic rings. The summed E-state index contributed by atoms with van der Waals surface area (Å²) < 4.78 is 5.29. The van der Waals surface area contributed by atoms with Gasteiger partial charge >= 0.3 is 0 Å². The Balaban J connectivity index is 1.70. The smallest absolute Gasteiger partial charge is 0.257 e. The van der Waals surface area contributed by atoms with E-state index in [1.807, 2.05) is 11.1 Å². The van der Waals surface area contributed by atoms with Gasteiger partial charge in [-0.15, -0.1) is 11.3 Å². The molecule has 0 saturated carbocycles. The monoisotopic (exact) mass is 380 g/mol. The van der Waals surface area contributed by atoms with Gasteiger partial charge in [0.05, 0.1) is 23.4 Å². The summed E-state index contributed by atoms with van der Waals surface area (Å²) in [6.07, 6.45) is 2.92. The van der Waals surface area contributed by atoms with Gasteiger partial charge in [0, 0.05) is 43.3 Å². The number of amides is 1. The highest BCUT2D eigenvalue weighted by Crippen LogP contribution is 2.30. The van der Waals surface area contributed by atoms with Gasteiger partial charge in [-0.25, -0.2) is 4.98 Å². The number of nitrogens with zero attached hydrogens (tertiary/aromatic N) is 3. The molecule has 25 heavy (non-hydrogen) atoms. The number of benzene rings is 1. The van der Waals surface area contributed by atoms with Crippen molar-refractivity contribution in [3.05, 3.63) is 33.8 Å². The van der Waals surface area contributed by atoms with E-state index in [1.54, 1.807) is 23.5 Å². The summed E-state index contributed by atoms with van der Waals surface area (Å²) >= 11 is 7.79. The van der Waals surface area contributed by atoms with E-state index in [9.17, 15) is 4.79 Å². The first kappa shape index (κ1) is 17.8. The maximum atomic E-state index is 12.9. The topological polar surface area (TPSA) is 71.7 Å². The number of carbonyl (C=O) groups excluding carboxylic acids is 1. The number of nitrogen functional groups attached to an aromatic ring is 1. The molecule has 2 heterocycles. The molecule has 0 spiro atoms. The second-order valence-corrected chi connectivity index (χ2v) is 7.32. The number of piperazine rings is 1. The maximum absolute atomic E-state index is 12.9. The van der Waals surface area contributed by atoms with Crippen LogP contribution in [0.25, 0.3) is 0 Å². The Morgan fingerprint density at radius 3 is 2.68 bits per heavy atom. The molecular weight excluding hydrogens is 360 g/mol. The average Bonchev–Trinajstić information content (AvgIpc) is 3.12. The number of carbonyl (C=O) groups is 1. The number of ether oxygens (including phenoxy) is 1. The van der Waals surface area contributed by atoms with Crippen molar-refractivity contribution in [1.82, 2.24) is 9.88 Å². The lowest BCUT2D eigenvalue weighted by Gasteiger charge is -2.34. The molecule has 2 aromatic rings. The summed E-state index contributed by atoms with van der Waals surface area (Å²) in [6, 6.07) is 3.17. The van der Waals surface area contributed by atoms with Gasteiger partial charge in [-0.3, -0.25) is 4.79 Å². The van der Waals surface area contributed by atoms with Crippen LogP contribution in [0.4, 0.5) is 10.8 Å². The second-order valence-electron chi connectivity index (χ2n) is 5.82. The third-order valence-corrected chi connectivity index (χ3v) is 5.81. The minimum atomic E-state index is -0.0909. The van der Waals surface area contributed by atoms with Crippen LogP contribution in [-0.4, -0.2) is 49.1 Å². The molecule has 2 N–H and O–H groups in total. The van der Waals surface area contributed by atoms with Crippen LogP contribution in [0.1, 0.15) is 22.2 Å². The Bertz CT molecular complexity index is 772. The molecule has 134 valence electrons. The van der Waals surface area contributed by atoms with Gasteiger partial charge in [-0.05, 0) is 12.5 Å².